The smallest absolute Gasteiger partial charge is 0.192 e. The standard InChI is InChI=1S/C14H29IOSi/c1-5-9-11-14(12-10-13-15)16-17(6-2,7-3)8-4/h10,13-14H,5-9,11-12H2,1-4H3. The molecular formula is C14H29IOSi. The van der Waals surface area contributed by atoms with E-state index in [1.807, 2.05) is 0 Å². The summed E-state index contributed by atoms with van der Waals surface area (Å²) in [5.41, 5.74) is 0. The highest BCUT2D eigenvalue weighted by atomic mass is 127. The SMILES string of the molecule is CCCCC(CC=CI)O[Si](CC)(CC)CC. The van der Waals surface area contributed by atoms with Crippen LogP contribution in [-0.4, -0.2) is 14.4 Å². The first-order valence-corrected chi connectivity index (χ1v) is 10.9. The van der Waals surface area contributed by atoms with E-state index in [1.165, 1.54) is 37.4 Å². The van der Waals surface area contributed by atoms with Crippen molar-refractivity contribution in [1.29, 1.82) is 0 Å². The Labute approximate surface area is 123 Å². The van der Waals surface area contributed by atoms with Crippen molar-refractivity contribution in [2.24, 2.45) is 0 Å². The number of hydrogen-bond donors (Lipinski definition) is 0. The third-order valence-corrected chi connectivity index (χ3v) is 8.93. The van der Waals surface area contributed by atoms with Gasteiger partial charge in [-0.15, -0.1) is 0 Å². The topological polar surface area (TPSA) is 9.23 Å². The molecule has 3 heteroatoms. The van der Waals surface area contributed by atoms with Crippen LogP contribution in [0, 0.1) is 0 Å². The quantitative estimate of drug-likeness (QED) is 0.344. The molecule has 0 aromatic rings. The monoisotopic (exact) mass is 368 g/mol. The average molecular weight is 368 g/mol. The van der Waals surface area contributed by atoms with Gasteiger partial charge in [-0.25, -0.2) is 0 Å². The third-order valence-electron chi connectivity index (χ3n) is 3.72. The van der Waals surface area contributed by atoms with Crippen LogP contribution in [0.1, 0.15) is 53.4 Å². The Bertz CT molecular complexity index is 194. The molecular weight excluding hydrogens is 339 g/mol. The van der Waals surface area contributed by atoms with E-state index < -0.39 is 8.32 Å². The number of hydrogen-bond acceptors (Lipinski definition) is 1. The predicted molar refractivity (Wildman–Crippen MR) is 89.4 cm³/mol. The molecule has 102 valence electrons. The Morgan fingerprint density at radius 2 is 1.71 bits per heavy atom. The minimum absolute atomic E-state index is 0.465. The first-order chi connectivity index (χ1) is 8.17. The zero-order valence-electron chi connectivity index (χ0n) is 12.0. The van der Waals surface area contributed by atoms with Crippen LogP contribution in [0.25, 0.3) is 0 Å². The molecule has 0 bridgehead atoms. The lowest BCUT2D eigenvalue weighted by atomic mass is 10.1. The number of rotatable bonds is 10. The average Bonchev–Trinajstić information content (AvgIpc) is 2.38. The van der Waals surface area contributed by atoms with Crippen LogP contribution in [0.3, 0.4) is 0 Å². The molecule has 0 heterocycles. The Morgan fingerprint density at radius 3 is 2.12 bits per heavy atom. The molecule has 0 N–H and O–H groups in total. The summed E-state index contributed by atoms with van der Waals surface area (Å²) >= 11 is 2.30. The molecule has 0 saturated carbocycles. The van der Waals surface area contributed by atoms with Crippen LogP contribution >= 0.6 is 22.6 Å². The largest absolute Gasteiger partial charge is 0.414 e. The fourth-order valence-corrected chi connectivity index (χ4v) is 5.43. The van der Waals surface area contributed by atoms with E-state index in [-0.39, 0.29) is 0 Å². The molecule has 0 aliphatic carbocycles. The van der Waals surface area contributed by atoms with Crippen LogP contribution in [0.5, 0.6) is 0 Å². The molecule has 0 aromatic heterocycles. The maximum atomic E-state index is 6.57. The summed E-state index contributed by atoms with van der Waals surface area (Å²) in [6.07, 6.45) is 7.60. The molecule has 17 heavy (non-hydrogen) atoms. The van der Waals surface area contributed by atoms with E-state index in [1.54, 1.807) is 0 Å². The van der Waals surface area contributed by atoms with Crippen molar-refractivity contribution in [3.63, 3.8) is 0 Å². The molecule has 1 nitrogen and oxygen atoms in total. The van der Waals surface area contributed by atoms with E-state index >= 15 is 0 Å². The van der Waals surface area contributed by atoms with Gasteiger partial charge >= 0.3 is 0 Å². The first-order valence-electron chi connectivity index (χ1n) is 7.11. The molecule has 0 fully saturated rings. The summed E-state index contributed by atoms with van der Waals surface area (Å²) < 4.78 is 8.69. The second kappa shape index (κ2) is 10.6. The maximum absolute atomic E-state index is 6.57. The van der Waals surface area contributed by atoms with Crippen LogP contribution in [0.4, 0.5) is 0 Å². The van der Waals surface area contributed by atoms with E-state index in [2.05, 4.69) is 60.4 Å². The van der Waals surface area contributed by atoms with E-state index in [9.17, 15) is 0 Å². The fraction of sp³-hybridized carbons (Fsp3) is 0.857. The second-order valence-electron chi connectivity index (χ2n) is 4.72. The van der Waals surface area contributed by atoms with Crippen LogP contribution in [-0.2, 0) is 4.43 Å². The normalized spacial score (nSPS) is 14.4. The van der Waals surface area contributed by atoms with Crippen molar-refractivity contribution < 1.29 is 4.43 Å². The van der Waals surface area contributed by atoms with E-state index in [0.717, 1.165) is 6.42 Å². The molecule has 1 atom stereocenters. The van der Waals surface area contributed by atoms with Crippen LogP contribution in [0.2, 0.25) is 18.1 Å². The molecule has 0 rings (SSSR count). The molecule has 1 unspecified atom stereocenters. The minimum Gasteiger partial charge on any atom is -0.414 e. The summed E-state index contributed by atoms with van der Waals surface area (Å²) in [4.78, 5) is 0. The summed E-state index contributed by atoms with van der Waals surface area (Å²) in [5, 5.41) is 0. The summed E-state index contributed by atoms with van der Waals surface area (Å²) in [7, 11) is -1.42. The molecule has 0 saturated heterocycles. The van der Waals surface area contributed by atoms with Crippen molar-refractivity contribution in [2.75, 3.05) is 0 Å². The van der Waals surface area contributed by atoms with Crippen molar-refractivity contribution in [3.8, 4) is 0 Å². The molecule has 0 aliphatic rings. The first kappa shape index (κ1) is 17.6. The zero-order valence-corrected chi connectivity index (χ0v) is 15.1. The fourth-order valence-electron chi connectivity index (χ4n) is 2.21. The van der Waals surface area contributed by atoms with Gasteiger partial charge in [-0.3, -0.25) is 0 Å². The predicted octanol–water partition coefficient (Wildman–Crippen LogP) is 5.91. The Hall–Kier alpha value is 0.647. The van der Waals surface area contributed by atoms with Gasteiger partial charge in [0, 0.05) is 6.10 Å². The molecule has 0 aromatic carbocycles. The van der Waals surface area contributed by atoms with Crippen molar-refractivity contribution in [3.05, 3.63) is 10.2 Å². The summed E-state index contributed by atoms with van der Waals surface area (Å²) in [6.45, 7) is 9.19. The van der Waals surface area contributed by atoms with Crippen molar-refractivity contribution >= 4 is 30.9 Å². The number of halogens is 1. The van der Waals surface area contributed by atoms with Gasteiger partial charge in [0.15, 0.2) is 8.32 Å². The van der Waals surface area contributed by atoms with Crippen molar-refractivity contribution in [2.45, 2.75) is 77.6 Å². The second-order valence-corrected chi connectivity index (χ2v) is 10.2. The van der Waals surface area contributed by atoms with Gasteiger partial charge in [-0.05, 0) is 35.1 Å². The molecule has 0 aliphatic heterocycles. The van der Waals surface area contributed by atoms with Gasteiger partial charge in [0.2, 0.25) is 0 Å². The summed E-state index contributed by atoms with van der Waals surface area (Å²) in [5.74, 6) is 0. The van der Waals surface area contributed by atoms with Gasteiger partial charge < -0.3 is 4.43 Å². The highest BCUT2D eigenvalue weighted by molar-refractivity contribution is 14.1. The zero-order chi connectivity index (χ0) is 13.1. The van der Waals surface area contributed by atoms with Gasteiger partial charge in [-0.2, -0.15) is 0 Å². The lowest BCUT2D eigenvalue weighted by Gasteiger charge is -2.33. The van der Waals surface area contributed by atoms with Gasteiger partial charge in [0.1, 0.15) is 0 Å². The van der Waals surface area contributed by atoms with Crippen LogP contribution in [0.15, 0.2) is 10.2 Å². The highest BCUT2D eigenvalue weighted by Gasteiger charge is 2.31. The van der Waals surface area contributed by atoms with Gasteiger partial charge in [0.25, 0.3) is 0 Å². The molecule has 0 radical (unpaired) electrons. The molecule has 0 spiro atoms. The summed E-state index contributed by atoms with van der Waals surface area (Å²) in [6, 6.07) is 3.78. The number of unbranched alkanes of at least 4 members (excludes halogenated alkanes) is 1. The van der Waals surface area contributed by atoms with Crippen LogP contribution < -0.4 is 0 Å². The highest BCUT2D eigenvalue weighted by Crippen LogP contribution is 2.26. The lowest BCUT2D eigenvalue weighted by molar-refractivity contribution is 0.176. The van der Waals surface area contributed by atoms with E-state index in [0.29, 0.717) is 6.10 Å². The Kier molecular flexibility index (Phi) is 11.0. The van der Waals surface area contributed by atoms with Gasteiger partial charge in [-0.1, -0.05) is 69.2 Å². The third kappa shape index (κ3) is 6.96. The Morgan fingerprint density at radius 1 is 1.12 bits per heavy atom. The maximum Gasteiger partial charge on any atom is 0.192 e. The lowest BCUT2D eigenvalue weighted by Crippen LogP contribution is -2.39. The van der Waals surface area contributed by atoms with E-state index in [4.69, 9.17) is 4.43 Å². The Balaban J connectivity index is 4.45. The van der Waals surface area contributed by atoms with Crippen molar-refractivity contribution in [1.82, 2.24) is 0 Å². The minimum atomic E-state index is -1.42. The van der Waals surface area contributed by atoms with Gasteiger partial charge in [0.05, 0.1) is 0 Å². The molecule has 0 amide bonds.